The van der Waals surface area contributed by atoms with Gasteiger partial charge in [-0.15, -0.1) is 0 Å². The molecular weight excluding hydrogens is 455 g/mol. The van der Waals surface area contributed by atoms with E-state index in [-0.39, 0.29) is 59.7 Å². The lowest BCUT2D eigenvalue weighted by Crippen LogP contribution is -2.31. The van der Waals surface area contributed by atoms with Crippen LogP contribution in [-0.4, -0.2) is 54.0 Å². The van der Waals surface area contributed by atoms with E-state index >= 15 is 4.39 Å². The molecule has 8 nitrogen and oxygen atoms in total. The molecule has 0 aromatic heterocycles. The monoisotopic (exact) mass is 486 g/mol. The molecule has 35 heavy (non-hydrogen) atoms. The molecule has 0 atom stereocenters. The summed E-state index contributed by atoms with van der Waals surface area (Å²) in [6.45, 7) is 9.21. The van der Waals surface area contributed by atoms with Gasteiger partial charge in [-0.3, -0.25) is 10.2 Å². The van der Waals surface area contributed by atoms with Gasteiger partial charge in [0.15, 0.2) is 29.7 Å². The standard InChI is InChI=1S/C26H31FN2O6/c1-6-33-19-11-15-12-29(25(28)21(15)22(27)24(19)34-7-2)13-18(30)16-9-8-10-17(26(3,4)5)23(16)35-14-20(31)32/h8-11,28H,6-7,12-14H2,1-5H3,(H,31,32). The number of nitrogens with one attached hydrogen (secondary N) is 1. The first-order valence-corrected chi connectivity index (χ1v) is 11.5. The average Bonchev–Trinajstić information content (AvgIpc) is 3.09. The largest absolute Gasteiger partial charge is 0.490 e. The molecule has 0 radical (unpaired) electrons. The van der Waals surface area contributed by atoms with Gasteiger partial charge in [-0.2, -0.15) is 0 Å². The number of ether oxygens (including phenoxy) is 3. The Labute approximate surface area is 204 Å². The van der Waals surface area contributed by atoms with Gasteiger partial charge in [0, 0.05) is 12.1 Å². The molecule has 0 unspecified atom stereocenters. The number of hydrogen-bond acceptors (Lipinski definition) is 6. The van der Waals surface area contributed by atoms with Crippen LogP contribution >= 0.6 is 0 Å². The third-order valence-corrected chi connectivity index (χ3v) is 5.57. The molecule has 2 aromatic carbocycles. The van der Waals surface area contributed by atoms with Crippen molar-refractivity contribution in [1.82, 2.24) is 4.90 Å². The first-order chi connectivity index (χ1) is 16.5. The lowest BCUT2D eigenvalue weighted by molar-refractivity contribution is -0.139. The van der Waals surface area contributed by atoms with E-state index in [9.17, 15) is 9.59 Å². The number of nitrogens with zero attached hydrogens (tertiary/aromatic N) is 1. The van der Waals surface area contributed by atoms with E-state index in [2.05, 4.69) is 0 Å². The summed E-state index contributed by atoms with van der Waals surface area (Å²) >= 11 is 0. The number of benzene rings is 2. The first-order valence-electron chi connectivity index (χ1n) is 11.5. The second kappa shape index (κ2) is 10.3. The third kappa shape index (κ3) is 5.39. The SMILES string of the molecule is CCOc1cc2c(c(F)c1OCC)C(=N)N(CC(=O)c1cccc(C(C)(C)C)c1OCC(=O)O)C2. The van der Waals surface area contributed by atoms with Crippen LogP contribution in [0.4, 0.5) is 4.39 Å². The smallest absolute Gasteiger partial charge is 0.341 e. The van der Waals surface area contributed by atoms with Crippen molar-refractivity contribution in [2.45, 2.75) is 46.6 Å². The van der Waals surface area contributed by atoms with Crippen molar-refractivity contribution in [2.75, 3.05) is 26.4 Å². The van der Waals surface area contributed by atoms with Crippen molar-refractivity contribution < 1.29 is 33.3 Å². The number of carbonyl (C=O) groups is 2. The molecule has 3 rings (SSSR count). The summed E-state index contributed by atoms with van der Waals surface area (Å²) in [4.78, 5) is 26.0. The molecule has 1 heterocycles. The molecule has 0 bridgehead atoms. The van der Waals surface area contributed by atoms with Crippen LogP contribution in [-0.2, 0) is 16.8 Å². The Balaban J connectivity index is 1.94. The molecule has 0 aliphatic carbocycles. The van der Waals surface area contributed by atoms with Crippen LogP contribution in [0.2, 0.25) is 0 Å². The van der Waals surface area contributed by atoms with Crippen molar-refractivity contribution in [3.05, 3.63) is 52.3 Å². The summed E-state index contributed by atoms with van der Waals surface area (Å²) in [7, 11) is 0. The molecule has 0 saturated heterocycles. The van der Waals surface area contributed by atoms with Crippen LogP contribution in [0.25, 0.3) is 0 Å². The Morgan fingerprint density at radius 2 is 1.80 bits per heavy atom. The molecular formula is C26H31FN2O6. The predicted octanol–water partition coefficient (Wildman–Crippen LogP) is 4.41. The summed E-state index contributed by atoms with van der Waals surface area (Å²) in [5, 5.41) is 17.7. The highest BCUT2D eigenvalue weighted by atomic mass is 19.1. The van der Waals surface area contributed by atoms with Crippen molar-refractivity contribution >= 4 is 17.6 Å². The van der Waals surface area contributed by atoms with Crippen LogP contribution in [0, 0.1) is 11.2 Å². The van der Waals surface area contributed by atoms with E-state index in [1.54, 1.807) is 38.1 Å². The number of ketones is 1. The number of rotatable bonds is 10. The Hall–Kier alpha value is -3.62. The fourth-order valence-corrected chi connectivity index (χ4v) is 4.05. The molecule has 1 aliphatic heterocycles. The number of carbonyl (C=O) groups excluding carboxylic acids is 1. The predicted molar refractivity (Wildman–Crippen MR) is 129 cm³/mol. The lowest BCUT2D eigenvalue weighted by Gasteiger charge is -2.25. The van der Waals surface area contributed by atoms with Gasteiger partial charge in [-0.25, -0.2) is 9.18 Å². The number of carboxylic acid groups (broad SMARTS) is 1. The molecule has 2 aromatic rings. The fourth-order valence-electron chi connectivity index (χ4n) is 4.05. The normalized spacial score (nSPS) is 13.0. The number of carboxylic acids is 1. The molecule has 9 heteroatoms. The molecule has 0 saturated carbocycles. The van der Waals surface area contributed by atoms with E-state index in [4.69, 9.17) is 24.7 Å². The number of para-hydroxylation sites is 1. The minimum absolute atomic E-state index is 0.0479. The maximum Gasteiger partial charge on any atom is 0.341 e. The van der Waals surface area contributed by atoms with E-state index in [0.717, 1.165) is 0 Å². The van der Waals surface area contributed by atoms with E-state index in [1.165, 1.54) is 4.90 Å². The van der Waals surface area contributed by atoms with Gasteiger partial charge in [-0.05, 0) is 37.0 Å². The number of Topliss-reactive ketones (excluding diaryl/α,β-unsaturated/α-hetero) is 1. The zero-order valence-electron chi connectivity index (χ0n) is 20.7. The Morgan fingerprint density at radius 1 is 1.11 bits per heavy atom. The summed E-state index contributed by atoms with van der Waals surface area (Å²) < 4.78 is 31.8. The minimum Gasteiger partial charge on any atom is -0.490 e. The molecule has 1 aliphatic rings. The molecule has 0 amide bonds. The van der Waals surface area contributed by atoms with Gasteiger partial charge in [0.05, 0.1) is 30.9 Å². The highest BCUT2D eigenvalue weighted by molar-refractivity contribution is 6.06. The van der Waals surface area contributed by atoms with Crippen LogP contribution in [0.3, 0.4) is 0 Å². The zero-order valence-corrected chi connectivity index (χ0v) is 20.7. The van der Waals surface area contributed by atoms with Gasteiger partial charge in [0.25, 0.3) is 0 Å². The first kappa shape index (κ1) is 26.0. The van der Waals surface area contributed by atoms with E-state index < -0.39 is 23.8 Å². The number of aliphatic carboxylic acids is 1. The minimum atomic E-state index is -1.16. The maximum atomic E-state index is 15.3. The second-order valence-electron chi connectivity index (χ2n) is 9.16. The second-order valence-corrected chi connectivity index (χ2v) is 9.16. The van der Waals surface area contributed by atoms with Crippen molar-refractivity contribution in [3.8, 4) is 17.2 Å². The molecule has 2 N–H and O–H groups in total. The van der Waals surface area contributed by atoms with Gasteiger partial charge in [0.1, 0.15) is 11.6 Å². The molecule has 188 valence electrons. The molecule has 0 fully saturated rings. The summed E-state index contributed by atoms with van der Waals surface area (Å²) in [6.07, 6.45) is 0. The quantitative estimate of drug-likeness (QED) is 0.479. The van der Waals surface area contributed by atoms with E-state index in [1.807, 2.05) is 20.8 Å². The number of halogens is 1. The highest BCUT2D eigenvalue weighted by Gasteiger charge is 2.34. The van der Waals surface area contributed by atoms with Crippen LogP contribution in [0.15, 0.2) is 24.3 Å². The summed E-state index contributed by atoms with van der Waals surface area (Å²) in [5.74, 6) is -1.93. The third-order valence-electron chi connectivity index (χ3n) is 5.57. The highest BCUT2D eigenvalue weighted by Crippen LogP contribution is 2.39. The van der Waals surface area contributed by atoms with Gasteiger partial charge in [0.2, 0.25) is 0 Å². The van der Waals surface area contributed by atoms with Gasteiger partial charge in [-0.1, -0.05) is 32.9 Å². The average molecular weight is 487 g/mol. The fraction of sp³-hybridized carbons (Fsp3) is 0.423. The van der Waals surface area contributed by atoms with Crippen molar-refractivity contribution in [1.29, 1.82) is 5.41 Å². The Bertz CT molecular complexity index is 1160. The Kier molecular flexibility index (Phi) is 7.67. The van der Waals surface area contributed by atoms with Gasteiger partial charge < -0.3 is 24.2 Å². The van der Waals surface area contributed by atoms with Crippen LogP contribution < -0.4 is 14.2 Å². The molecule has 0 spiro atoms. The number of amidine groups is 1. The number of hydrogen-bond donors (Lipinski definition) is 2. The Morgan fingerprint density at radius 3 is 2.40 bits per heavy atom. The number of fused-ring (bicyclic) bond motifs is 1. The zero-order chi connectivity index (χ0) is 25.9. The van der Waals surface area contributed by atoms with Crippen LogP contribution in [0.5, 0.6) is 17.2 Å². The summed E-state index contributed by atoms with van der Waals surface area (Å²) in [5.41, 5.74) is 1.11. The maximum absolute atomic E-state index is 15.3. The van der Waals surface area contributed by atoms with E-state index in [0.29, 0.717) is 17.7 Å². The lowest BCUT2D eigenvalue weighted by atomic mass is 9.84. The van der Waals surface area contributed by atoms with Gasteiger partial charge >= 0.3 is 5.97 Å². The summed E-state index contributed by atoms with van der Waals surface area (Å²) in [6, 6.07) is 6.73. The topological polar surface area (TPSA) is 109 Å². The van der Waals surface area contributed by atoms with Crippen LogP contribution in [0.1, 0.15) is 61.7 Å². The van der Waals surface area contributed by atoms with Crippen molar-refractivity contribution in [2.24, 2.45) is 0 Å². The van der Waals surface area contributed by atoms with Crippen molar-refractivity contribution in [3.63, 3.8) is 0 Å².